The zero-order valence-electron chi connectivity index (χ0n) is 14.7. The summed E-state index contributed by atoms with van der Waals surface area (Å²) in [6.45, 7) is 0.645. The van der Waals surface area contributed by atoms with Gasteiger partial charge in [0.1, 0.15) is 5.88 Å². The number of alkyl halides is 1. The van der Waals surface area contributed by atoms with Gasteiger partial charge in [-0.15, -0.1) is 11.6 Å². The molecule has 1 amide bonds. The van der Waals surface area contributed by atoms with Crippen molar-refractivity contribution in [2.24, 2.45) is 7.05 Å². The summed E-state index contributed by atoms with van der Waals surface area (Å²) >= 11 is 5.92. The van der Waals surface area contributed by atoms with Crippen LogP contribution < -0.4 is 0 Å². The third kappa shape index (κ3) is 3.32. The van der Waals surface area contributed by atoms with E-state index in [1.54, 1.807) is 0 Å². The molecule has 0 aliphatic heterocycles. The van der Waals surface area contributed by atoms with Crippen LogP contribution in [0.5, 0.6) is 0 Å². The van der Waals surface area contributed by atoms with Crippen molar-refractivity contribution >= 4 is 17.5 Å². The molecule has 4 nitrogen and oxygen atoms in total. The maximum absolute atomic E-state index is 12.5. The van der Waals surface area contributed by atoms with Crippen LogP contribution in [-0.4, -0.2) is 32.5 Å². The molecule has 0 fully saturated rings. The molecule has 1 aromatic carbocycles. The highest BCUT2D eigenvalue weighted by atomic mass is 35.5. The van der Waals surface area contributed by atoms with Crippen molar-refractivity contribution < 1.29 is 4.79 Å². The smallest absolute Gasteiger partial charge is 0.238 e. The molecule has 2 aliphatic rings. The number of aromatic nitrogens is 2. The average molecular weight is 358 g/mol. The Kier molecular flexibility index (Phi) is 4.55. The van der Waals surface area contributed by atoms with Crippen LogP contribution in [0.1, 0.15) is 40.8 Å². The van der Waals surface area contributed by atoms with E-state index in [2.05, 4.69) is 29.5 Å². The zero-order valence-corrected chi connectivity index (χ0v) is 15.4. The summed E-state index contributed by atoms with van der Waals surface area (Å²) in [5.74, 6) is 0.0582. The molecule has 0 spiro atoms. The normalized spacial score (nSPS) is 18.7. The molecule has 132 valence electrons. The van der Waals surface area contributed by atoms with E-state index in [-0.39, 0.29) is 17.8 Å². The van der Waals surface area contributed by atoms with Gasteiger partial charge in [-0.1, -0.05) is 18.2 Å². The van der Waals surface area contributed by atoms with Crippen LogP contribution in [0.3, 0.4) is 0 Å². The lowest BCUT2D eigenvalue weighted by Gasteiger charge is -2.34. The fourth-order valence-corrected chi connectivity index (χ4v) is 4.45. The van der Waals surface area contributed by atoms with Crippen LogP contribution in [0, 0.1) is 0 Å². The van der Waals surface area contributed by atoms with E-state index < -0.39 is 0 Å². The van der Waals surface area contributed by atoms with Gasteiger partial charge in [0.25, 0.3) is 0 Å². The number of carbonyl (C=O) groups is 1. The lowest BCUT2D eigenvalue weighted by Crippen LogP contribution is -2.43. The molecular formula is C20H24ClN3O. The number of aryl methyl sites for hydroxylation is 4. The number of halogens is 1. The lowest BCUT2D eigenvalue weighted by molar-refractivity contribution is -0.131. The largest absolute Gasteiger partial charge is 0.334 e. The van der Waals surface area contributed by atoms with Gasteiger partial charge in [0.15, 0.2) is 0 Å². The number of nitrogens with zero attached hydrogens (tertiary/aromatic N) is 3. The Morgan fingerprint density at radius 1 is 1.28 bits per heavy atom. The molecule has 2 aromatic rings. The van der Waals surface area contributed by atoms with E-state index in [0.29, 0.717) is 6.54 Å². The summed E-state index contributed by atoms with van der Waals surface area (Å²) in [7, 11) is 1.96. The number of carbonyl (C=O) groups excluding carboxylic acids is 1. The van der Waals surface area contributed by atoms with Crippen LogP contribution in [0.15, 0.2) is 24.4 Å². The molecular weight excluding hydrogens is 334 g/mol. The van der Waals surface area contributed by atoms with Gasteiger partial charge in [0.2, 0.25) is 5.91 Å². The highest BCUT2D eigenvalue weighted by molar-refractivity contribution is 6.27. The molecule has 1 heterocycles. The number of benzene rings is 1. The summed E-state index contributed by atoms with van der Waals surface area (Å²) in [6.07, 6.45) is 8.46. The van der Waals surface area contributed by atoms with Gasteiger partial charge >= 0.3 is 0 Å². The van der Waals surface area contributed by atoms with Gasteiger partial charge in [0, 0.05) is 32.3 Å². The number of fused-ring (bicyclic) bond motifs is 2. The zero-order chi connectivity index (χ0) is 17.4. The van der Waals surface area contributed by atoms with Crippen LogP contribution in [0.4, 0.5) is 0 Å². The first-order valence-corrected chi connectivity index (χ1v) is 9.65. The summed E-state index contributed by atoms with van der Waals surface area (Å²) < 4.78 is 1.88. The molecule has 0 saturated carbocycles. The number of hydrogen-bond acceptors (Lipinski definition) is 2. The minimum Gasteiger partial charge on any atom is -0.334 e. The van der Waals surface area contributed by atoms with Crippen LogP contribution in [-0.2, 0) is 44.1 Å². The summed E-state index contributed by atoms with van der Waals surface area (Å²) in [5, 5.41) is 4.57. The lowest BCUT2D eigenvalue weighted by atomic mass is 9.92. The Bertz CT molecular complexity index is 798. The van der Waals surface area contributed by atoms with E-state index in [1.165, 1.54) is 35.1 Å². The standard InChI is InChI=1S/C20H24ClN3O/c1-23-13-17-7-8-18(10-19(17)22-23)24(20(25)11-21)12-14-5-6-15-3-2-4-16(15)9-14/h5-6,9,13,18H,2-4,7-8,10-12H2,1H3. The Hall–Kier alpha value is -1.81. The second-order valence-corrected chi connectivity index (χ2v) is 7.55. The molecule has 0 N–H and O–H groups in total. The third-order valence-electron chi connectivity index (χ3n) is 5.56. The topological polar surface area (TPSA) is 38.1 Å². The molecule has 25 heavy (non-hydrogen) atoms. The molecule has 4 rings (SSSR count). The highest BCUT2D eigenvalue weighted by Crippen LogP contribution is 2.27. The fraction of sp³-hybridized carbons (Fsp3) is 0.500. The molecule has 2 aliphatic carbocycles. The monoisotopic (exact) mass is 357 g/mol. The van der Waals surface area contributed by atoms with Crippen molar-refractivity contribution in [1.29, 1.82) is 0 Å². The van der Waals surface area contributed by atoms with Gasteiger partial charge in [-0.05, 0) is 54.4 Å². The minimum absolute atomic E-state index is 0.0200. The van der Waals surface area contributed by atoms with Crippen molar-refractivity contribution in [3.63, 3.8) is 0 Å². The molecule has 1 unspecified atom stereocenters. The number of hydrogen-bond donors (Lipinski definition) is 0. The van der Waals surface area contributed by atoms with Crippen molar-refractivity contribution in [3.05, 3.63) is 52.3 Å². The first kappa shape index (κ1) is 16.6. The van der Waals surface area contributed by atoms with E-state index in [1.807, 2.05) is 16.6 Å². The summed E-state index contributed by atoms with van der Waals surface area (Å²) in [4.78, 5) is 14.5. The van der Waals surface area contributed by atoms with E-state index in [9.17, 15) is 4.79 Å². The van der Waals surface area contributed by atoms with Crippen LogP contribution in [0.25, 0.3) is 0 Å². The maximum atomic E-state index is 12.5. The van der Waals surface area contributed by atoms with Gasteiger partial charge in [-0.2, -0.15) is 5.10 Å². The molecule has 1 atom stereocenters. The third-order valence-corrected chi connectivity index (χ3v) is 5.79. The maximum Gasteiger partial charge on any atom is 0.238 e. The fourth-order valence-electron chi connectivity index (χ4n) is 4.30. The number of amides is 1. The Labute approximate surface area is 153 Å². The van der Waals surface area contributed by atoms with Crippen LogP contribution >= 0.6 is 11.6 Å². The van der Waals surface area contributed by atoms with Crippen molar-refractivity contribution in [3.8, 4) is 0 Å². The summed E-state index contributed by atoms with van der Waals surface area (Å²) in [5.41, 5.74) is 6.57. The Balaban J connectivity index is 1.55. The Morgan fingerprint density at radius 3 is 2.96 bits per heavy atom. The molecule has 5 heteroatoms. The molecule has 0 saturated heterocycles. The van der Waals surface area contributed by atoms with Gasteiger partial charge in [-0.25, -0.2) is 0 Å². The predicted molar refractivity (Wildman–Crippen MR) is 98.8 cm³/mol. The molecule has 0 bridgehead atoms. The highest BCUT2D eigenvalue weighted by Gasteiger charge is 2.29. The first-order chi connectivity index (χ1) is 12.1. The van der Waals surface area contributed by atoms with Gasteiger partial charge in [-0.3, -0.25) is 9.48 Å². The minimum atomic E-state index is 0.0200. The van der Waals surface area contributed by atoms with Crippen molar-refractivity contribution in [2.45, 2.75) is 51.1 Å². The van der Waals surface area contributed by atoms with E-state index in [4.69, 9.17) is 11.6 Å². The quantitative estimate of drug-likeness (QED) is 0.789. The number of rotatable bonds is 4. The second kappa shape index (κ2) is 6.83. The van der Waals surface area contributed by atoms with Crippen molar-refractivity contribution in [2.75, 3.05) is 5.88 Å². The van der Waals surface area contributed by atoms with E-state index >= 15 is 0 Å². The SMILES string of the molecule is Cn1cc2c(n1)CC(N(Cc1ccc3c(c1)CCC3)C(=O)CCl)CC2. The van der Waals surface area contributed by atoms with E-state index in [0.717, 1.165) is 31.4 Å². The Morgan fingerprint density at radius 2 is 2.12 bits per heavy atom. The van der Waals surface area contributed by atoms with Crippen molar-refractivity contribution in [1.82, 2.24) is 14.7 Å². The second-order valence-electron chi connectivity index (χ2n) is 7.28. The first-order valence-electron chi connectivity index (χ1n) is 9.11. The van der Waals surface area contributed by atoms with Gasteiger partial charge < -0.3 is 4.90 Å². The average Bonchev–Trinajstić information content (AvgIpc) is 3.22. The summed E-state index contributed by atoms with van der Waals surface area (Å²) in [6, 6.07) is 6.88. The molecule has 0 radical (unpaired) electrons. The molecule has 1 aromatic heterocycles. The van der Waals surface area contributed by atoms with Gasteiger partial charge in [0.05, 0.1) is 5.69 Å². The predicted octanol–water partition coefficient (Wildman–Crippen LogP) is 3.03. The van der Waals surface area contributed by atoms with Crippen LogP contribution in [0.2, 0.25) is 0 Å².